The lowest BCUT2D eigenvalue weighted by molar-refractivity contribution is -0.135. The van der Waals surface area contributed by atoms with Gasteiger partial charge in [0.2, 0.25) is 0 Å². The zero-order valence-corrected chi connectivity index (χ0v) is 12.7. The molecule has 0 radical (unpaired) electrons. The molecule has 0 atom stereocenters. The Hall–Kier alpha value is -2.08. The summed E-state index contributed by atoms with van der Waals surface area (Å²) in [6, 6.07) is 11.5. The molecule has 0 spiro atoms. The van der Waals surface area contributed by atoms with Gasteiger partial charge in [0.05, 0.1) is 11.4 Å². The van der Waals surface area contributed by atoms with E-state index in [9.17, 15) is 9.18 Å². The van der Waals surface area contributed by atoms with E-state index < -0.39 is 5.97 Å². The lowest BCUT2D eigenvalue weighted by atomic mass is 10.1. The Morgan fingerprint density at radius 2 is 2.00 bits per heavy atom. The number of halogens is 2. The van der Waals surface area contributed by atoms with Crippen LogP contribution in [0, 0.1) is 5.82 Å². The van der Waals surface area contributed by atoms with Crippen LogP contribution in [-0.4, -0.2) is 17.6 Å². The smallest absolute Gasteiger partial charge is 0.323 e. The van der Waals surface area contributed by atoms with Gasteiger partial charge in [-0.05, 0) is 30.3 Å². The van der Waals surface area contributed by atoms with Gasteiger partial charge >= 0.3 is 5.97 Å². The highest BCUT2D eigenvalue weighted by molar-refractivity contribution is 9.10. The Bertz CT molecular complexity index is 664. The van der Waals surface area contributed by atoms with Crippen LogP contribution in [0.5, 0.6) is 0 Å². The SMILES string of the molecule is Nc1ccccc1N(CC(=O)O)Cc1cc(Br)ccc1F. The summed E-state index contributed by atoms with van der Waals surface area (Å²) in [5, 5.41) is 9.05. The lowest BCUT2D eigenvalue weighted by Gasteiger charge is -2.24. The van der Waals surface area contributed by atoms with Gasteiger partial charge in [-0.2, -0.15) is 0 Å². The van der Waals surface area contributed by atoms with E-state index in [2.05, 4.69) is 15.9 Å². The van der Waals surface area contributed by atoms with Crippen molar-refractivity contribution in [2.75, 3.05) is 17.2 Å². The van der Waals surface area contributed by atoms with Crippen molar-refractivity contribution in [1.82, 2.24) is 0 Å². The number of carboxylic acid groups (broad SMARTS) is 1. The fourth-order valence-corrected chi connectivity index (χ4v) is 2.44. The third-order valence-corrected chi connectivity index (χ3v) is 3.47. The standard InChI is InChI=1S/C15H14BrFN2O2/c16-11-5-6-12(17)10(7-11)8-19(9-15(20)21)14-4-2-1-3-13(14)18/h1-7H,8-9,18H2,(H,20,21). The van der Waals surface area contributed by atoms with Gasteiger partial charge in [0.15, 0.2) is 0 Å². The molecule has 2 aromatic rings. The van der Waals surface area contributed by atoms with E-state index in [0.29, 0.717) is 16.9 Å². The van der Waals surface area contributed by atoms with Crippen LogP contribution in [-0.2, 0) is 11.3 Å². The van der Waals surface area contributed by atoms with Gasteiger partial charge in [0.1, 0.15) is 12.4 Å². The molecule has 0 fully saturated rings. The Morgan fingerprint density at radius 3 is 2.67 bits per heavy atom. The van der Waals surface area contributed by atoms with Crippen LogP contribution in [0.25, 0.3) is 0 Å². The minimum atomic E-state index is -1.01. The Morgan fingerprint density at radius 1 is 1.29 bits per heavy atom. The third-order valence-electron chi connectivity index (χ3n) is 2.97. The highest BCUT2D eigenvalue weighted by Gasteiger charge is 2.15. The predicted molar refractivity (Wildman–Crippen MR) is 83.6 cm³/mol. The molecule has 0 heterocycles. The zero-order valence-electron chi connectivity index (χ0n) is 11.1. The van der Waals surface area contributed by atoms with Crippen LogP contribution >= 0.6 is 15.9 Å². The highest BCUT2D eigenvalue weighted by atomic mass is 79.9. The molecule has 0 unspecified atom stereocenters. The number of carboxylic acids is 1. The molecule has 110 valence electrons. The number of nitrogens with two attached hydrogens (primary N) is 1. The molecule has 0 aliphatic heterocycles. The summed E-state index contributed by atoms with van der Waals surface area (Å²) in [6.07, 6.45) is 0. The van der Waals surface area contributed by atoms with E-state index >= 15 is 0 Å². The molecule has 21 heavy (non-hydrogen) atoms. The Kier molecular flexibility index (Phi) is 4.80. The summed E-state index contributed by atoms with van der Waals surface area (Å²) in [5.74, 6) is -1.39. The van der Waals surface area contributed by atoms with Crippen molar-refractivity contribution in [2.45, 2.75) is 6.54 Å². The number of aliphatic carboxylic acids is 1. The van der Waals surface area contributed by atoms with Gasteiger partial charge in [-0.3, -0.25) is 4.79 Å². The minimum absolute atomic E-state index is 0.117. The van der Waals surface area contributed by atoms with Gasteiger partial charge in [0.25, 0.3) is 0 Å². The zero-order chi connectivity index (χ0) is 15.4. The van der Waals surface area contributed by atoms with E-state index in [-0.39, 0.29) is 18.9 Å². The molecule has 6 heteroatoms. The summed E-state index contributed by atoms with van der Waals surface area (Å²) >= 11 is 3.28. The summed E-state index contributed by atoms with van der Waals surface area (Å²) in [7, 11) is 0. The van der Waals surface area contributed by atoms with Crippen LogP contribution in [0.3, 0.4) is 0 Å². The van der Waals surface area contributed by atoms with Crippen LogP contribution in [0.4, 0.5) is 15.8 Å². The number of nitrogens with zero attached hydrogens (tertiary/aromatic N) is 1. The van der Waals surface area contributed by atoms with Crippen molar-refractivity contribution in [3.05, 3.63) is 58.3 Å². The monoisotopic (exact) mass is 352 g/mol. The highest BCUT2D eigenvalue weighted by Crippen LogP contribution is 2.25. The molecule has 0 saturated carbocycles. The predicted octanol–water partition coefficient (Wildman–Crippen LogP) is 3.26. The quantitative estimate of drug-likeness (QED) is 0.810. The number of para-hydroxylation sites is 2. The van der Waals surface area contributed by atoms with Gasteiger partial charge in [0, 0.05) is 16.6 Å². The molecule has 0 amide bonds. The molecule has 2 aromatic carbocycles. The normalized spacial score (nSPS) is 10.4. The van der Waals surface area contributed by atoms with Crippen molar-refractivity contribution in [3.63, 3.8) is 0 Å². The summed E-state index contributed by atoms with van der Waals surface area (Å²) in [6.45, 7) is -0.147. The van der Waals surface area contributed by atoms with Gasteiger partial charge in [-0.1, -0.05) is 28.1 Å². The molecule has 0 aliphatic rings. The maximum absolute atomic E-state index is 13.9. The lowest BCUT2D eigenvalue weighted by Crippen LogP contribution is -2.30. The number of anilines is 2. The first-order valence-corrected chi connectivity index (χ1v) is 7.02. The molecular formula is C15H14BrFN2O2. The molecule has 0 aliphatic carbocycles. The summed E-state index contributed by atoms with van der Waals surface area (Å²) < 4.78 is 14.6. The van der Waals surface area contributed by atoms with E-state index in [1.165, 1.54) is 11.0 Å². The number of rotatable bonds is 5. The molecule has 0 bridgehead atoms. The Labute approximate surface area is 130 Å². The molecular weight excluding hydrogens is 339 g/mol. The summed E-state index contributed by atoms with van der Waals surface area (Å²) in [5.41, 5.74) is 7.30. The largest absolute Gasteiger partial charge is 0.480 e. The summed E-state index contributed by atoms with van der Waals surface area (Å²) in [4.78, 5) is 12.6. The number of benzene rings is 2. The maximum Gasteiger partial charge on any atom is 0.323 e. The first kappa shape index (κ1) is 15.3. The molecule has 2 rings (SSSR count). The number of hydrogen-bond donors (Lipinski definition) is 2. The van der Waals surface area contributed by atoms with Crippen molar-refractivity contribution < 1.29 is 14.3 Å². The fourth-order valence-electron chi connectivity index (χ4n) is 2.04. The average molecular weight is 353 g/mol. The second kappa shape index (κ2) is 6.58. The van der Waals surface area contributed by atoms with Crippen LogP contribution in [0.2, 0.25) is 0 Å². The molecule has 0 aromatic heterocycles. The van der Waals surface area contributed by atoms with E-state index in [1.807, 2.05) is 0 Å². The molecule has 0 saturated heterocycles. The average Bonchev–Trinajstić information content (AvgIpc) is 2.42. The first-order chi connectivity index (χ1) is 9.97. The van der Waals surface area contributed by atoms with Gasteiger partial charge < -0.3 is 15.7 Å². The minimum Gasteiger partial charge on any atom is -0.480 e. The molecule has 4 nitrogen and oxygen atoms in total. The maximum atomic E-state index is 13.9. The van der Waals surface area contributed by atoms with Crippen molar-refractivity contribution >= 4 is 33.3 Å². The third kappa shape index (κ3) is 3.95. The second-order valence-electron chi connectivity index (χ2n) is 4.54. The number of carbonyl (C=O) groups is 1. The Balaban J connectivity index is 2.35. The van der Waals surface area contributed by atoms with Crippen LogP contribution in [0.1, 0.15) is 5.56 Å². The molecule has 3 N–H and O–H groups in total. The van der Waals surface area contributed by atoms with Crippen LogP contribution in [0.15, 0.2) is 46.9 Å². The number of nitrogen functional groups attached to an aromatic ring is 1. The number of hydrogen-bond acceptors (Lipinski definition) is 3. The van der Waals surface area contributed by atoms with E-state index in [1.54, 1.807) is 36.4 Å². The van der Waals surface area contributed by atoms with Crippen LogP contribution < -0.4 is 10.6 Å². The van der Waals surface area contributed by atoms with Gasteiger partial charge in [-0.15, -0.1) is 0 Å². The van der Waals surface area contributed by atoms with Crippen molar-refractivity contribution in [3.8, 4) is 0 Å². The van der Waals surface area contributed by atoms with Crippen molar-refractivity contribution in [1.29, 1.82) is 0 Å². The fraction of sp³-hybridized carbons (Fsp3) is 0.133. The second-order valence-corrected chi connectivity index (χ2v) is 5.46. The first-order valence-electron chi connectivity index (χ1n) is 6.22. The van der Waals surface area contributed by atoms with Crippen molar-refractivity contribution in [2.24, 2.45) is 0 Å². The van der Waals surface area contributed by atoms with E-state index in [4.69, 9.17) is 10.8 Å². The topological polar surface area (TPSA) is 66.6 Å². The van der Waals surface area contributed by atoms with Gasteiger partial charge in [-0.25, -0.2) is 4.39 Å². The van der Waals surface area contributed by atoms with E-state index in [0.717, 1.165) is 4.47 Å².